The fourth-order valence-corrected chi connectivity index (χ4v) is 1.82. The van der Waals surface area contributed by atoms with Gasteiger partial charge in [-0.25, -0.2) is 4.98 Å². The molecule has 0 amide bonds. The van der Waals surface area contributed by atoms with Crippen LogP contribution in [0.5, 0.6) is 0 Å². The first-order valence-corrected chi connectivity index (χ1v) is 6.61. The van der Waals surface area contributed by atoms with Crippen LogP contribution in [0.3, 0.4) is 0 Å². The van der Waals surface area contributed by atoms with E-state index in [4.69, 9.17) is 10.2 Å². The molecule has 3 heteroatoms. The first-order chi connectivity index (χ1) is 8.86. The summed E-state index contributed by atoms with van der Waals surface area (Å²) in [4.78, 5) is 4.51. The van der Waals surface area contributed by atoms with Crippen molar-refractivity contribution in [3.05, 3.63) is 41.8 Å². The van der Waals surface area contributed by atoms with Crippen LogP contribution >= 0.6 is 0 Å². The highest BCUT2D eigenvalue weighted by molar-refractivity contribution is 5.54. The maximum atomic E-state index is 5.61. The highest BCUT2D eigenvalue weighted by Gasteiger charge is 2.27. The summed E-state index contributed by atoms with van der Waals surface area (Å²) in [6.07, 6.45) is 4.27. The normalized spacial score (nSPS) is 13.9. The van der Waals surface area contributed by atoms with Gasteiger partial charge in [0.2, 0.25) is 5.89 Å². The quantitative estimate of drug-likeness (QED) is 0.895. The topological polar surface area (TPSA) is 52.0 Å². The molecule has 0 radical (unpaired) electrons. The molecule has 0 aliphatic heterocycles. The van der Waals surface area contributed by atoms with Crippen LogP contribution in [-0.4, -0.2) is 4.98 Å². The zero-order valence-electron chi connectivity index (χ0n) is 11.0. The second kappa shape index (κ2) is 5.83. The van der Waals surface area contributed by atoms with Gasteiger partial charge in [0.15, 0.2) is 0 Å². The summed E-state index contributed by atoms with van der Waals surface area (Å²) in [6, 6.07) is 8.02. The number of hydrogen-bond donors (Lipinski definition) is 1. The lowest BCUT2D eigenvalue weighted by Gasteiger charge is -1.98. The number of nitrogens with two attached hydrogens (primary N) is 1. The third kappa shape index (κ3) is 2.79. The average molecular weight is 244 g/mol. The van der Waals surface area contributed by atoms with Crippen LogP contribution in [-0.2, 0) is 6.54 Å². The Morgan fingerprint density at radius 2 is 2.11 bits per heavy atom. The van der Waals surface area contributed by atoms with E-state index in [1.54, 1.807) is 6.26 Å². The summed E-state index contributed by atoms with van der Waals surface area (Å²) >= 11 is 0. The van der Waals surface area contributed by atoms with Gasteiger partial charge >= 0.3 is 0 Å². The second-order valence-electron chi connectivity index (χ2n) is 4.26. The smallest absolute Gasteiger partial charge is 0.226 e. The van der Waals surface area contributed by atoms with Crippen molar-refractivity contribution in [2.75, 3.05) is 0 Å². The van der Waals surface area contributed by atoms with Crippen molar-refractivity contribution in [1.82, 2.24) is 4.98 Å². The van der Waals surface area contributed by atoms with Crippen molar-refractivity contribution >= 4 is 0 Å². The third-order valence-corrected chi connectivity index (χ3v) is 2.93. The van der Waals surface area contributed by atoms with Crippen molar-refractivity contribution in [2.24, 2.45) is 5.73 Å². The molecule has 2 N–H and O–H groups in total. The molecular weight excluding hydrogens is 224 g/mol. The van der Waals surface area contributed by atoms with Crippen LogP contribution in [0.15, 0.2) is 34.9 Å². The molecule has 0 spiro atoms. The Morgan fingerprint density at radius 1 is 1.33 bits per heavy atom. The van der Waals surface area contributed by atoms with Gasteiger partial charge in [0, 0.05) is 18.0 Å². The van der Waals surface area contributed by atoms with Crippen LogP contribution in [0.1, 0.15) is 43.9 Å². The van der Waals surface area contributed by atoms with Gasteiger partial charge in [0.1, 0.15) is 6.26 Å². The molecule has 18 heavy (non-hydrogen) atoms. The van der Waals surface area contributed by atoms with Crippen LogP contribution in [0.25, 0.3) is 11.5 Å². The molecule has 0 saturated heterocycles. The van der Waals surface area contributed by atoms with Crippen molar-refractivity contribution in [3.8, 4) is 11.5 Å². The molecular formula is C15H20N2O. The highest BCUT2D eigenvalue weighted by Crippen LogP contribution is 2.40. The van der Waals surface area contributed by atoms with Gasteiger partial charge in [0.05, 0.1) is 5.69 Å². The summed E-state index contributed by atoms with van der Waals surface area (Å²) in [5, 5.41) is 0. The monoisotopic (exact) mass is 244 g/mol. The Kier molecular flexibility index (Phi) is 4.15. The number of benzene rings is 1. The van der Waals surface area contributed by atoms with Gasteiger partial charge < -0.3 is 10.2 Å². The standard InChI is InChI=1S/C13H14N2O.C2H6/c14-7-9-2-1-3-11(6-9)13-15-12(8-16-13)10-4-5-10;1-2/h1-3,6,8,10H,4-5,7,14H2;1-2H3. The van der Waals surface area contributed by atoms with E-state index in [9.17, 15) is 0 Å². The lowest BCUT2D eigenvalue weighted by molar-refractivity contribution is 0.572. The van der Waals surface area contributed by atoms with Crippen LogP contribution < -0.4 is 5.73 Å². The molecule has 1 aromatic carbocycles. The highest BCUT2D eigenvalue weighted by atomic mass is 16.3. The number of nitrogens with zero attached hydrogens (tertiary/aromatic N) is 1. The molecule has 2 aromatic rings. The van der Waals surface area contributed by atoms with E-state index in [-0.39, 0.29) is 0 Å². The van der Waals surface area contributed by atoms with Crippen LogP contribution in [0.4, 0.5) is 0 Å². The SMILES string of the molecule is CC.NCc1cccc(-c2nc(C3CC3)co2)c1. The van der Waals surface area contributed by atoms with Crippen molar-refractivity contribution in [3.63, 3.8) is 0 Å². The second-order valence-corrected chi connectivity index (χ2v) is 4.26. The fourth-order valence-electron chi connectivity index (χ4n) is 1.82. The predicted octanol–water partition coefficient (Wildman–Crippen LogP) is 3.70. The van der Waals surface area contributed by atoms with E-state index in [1.165, 1.54) is 12.8 Å². The number of rotatable bonds is 3. The molecule has 0 unspecified atom stereocenters. The van der Waals surface area contributed by atoms with Gasteiger partial charge in [-0.05, 0) is 30.5 Å². The van der Waals surface area contributed by atoms with Crippen molar-refractivity contribution < 1.29 is 4.42 Å². The Balaban J connectivity index is 0.000000574. The van der Waals surface area contributed by atoms with E-state index in [2.05, 4.69) is 4.98 Å². The minimum Gasteiger partial charge on any atom is -0.444 e. The molecule has 1 saturated carbocycles. The van der Waals surface area contributed by atoms with E-state index in [0.29, 0.717) is 18.4 Å². The molecule has 3 rings (SSSR count). The van der Waals surface area contributed by atoms with Crippen LogP contribution in [0.2, 0.25) is 0 Å². The summed E-state index contributed by atoms with van der Waals surface area (Å²) < 4.78 is 5.50. The Labute approximate surface area is 108 Å². The maximum absolute atomic E-state index is 5.61. The molecule has 0 bridgehead atoms. The third-order valence-electron chi connectivity index (χ3n) is 2.93. The van der Waals surface area contributed by atoms with Gasteiger partial charge in [-0.2, -0.15) is 0 Å². The molecule has 1 aliphatic carbocycles. The Bertz CT molecular complexity index is 501. The maximum Gasteiger partial charge on any atom is 0.226 e. The molecule has 1 aromatic heterocycles. The van der Waals surface area contributed by atoms with E-state index >= 15 is 0 Å². The van der Waals surface area contributed by atoms with E-state index in [1.807, 2.05) is 38.1 Å². The first kappa shape index (κ1) is 12.8. The molecule has 0 atom stereocenters. The van der Waals surface area contributed by atoms with Crippen molar-refractivity contribution in [2.45, 2.75) is 39.2 Å². The number of aromatic nitrogens is 1. The summed E-state index contributed by atoms with van der Waals surface area (Å²) in [6.45, 7) is 4.55. The number of hydrogen-bond acceptors (Lipinski definition) is 3. The van der Waals surface area contributed by atoms with Crippen LogP contribution in [0, 0.1) is 0 Å². The molecule has 96 valence electrons. The summed E-state index contributed by atoms with van der Waals surface area (Å²) in [5.41, 5.74) is 8.81. The minimum atomic E-state index is 0.546. The lowest BCUT2D eigenvalue weighted by atomic mass is 10.1. The molecule has 1 aliphatic rings. The number of oxazole rings is 1. The minimum absolute atomic E-state index is 0.546. The van der Waals surface area contributed by atoms with Crippen molar-refractivity contribution in [1.29, 1.82) is 0 Å². The predicted molar refractivity (Wildman–Crippen MR) is 73.2 cm³/mol. The Morgan fingerprint density at radius 3 is 2.78 bits per heavy atom. The first-order valence-electron chi connectivity index (χ1n) is 6.61. The Hall–Kier alpha value is -1.61. The van der Waals surface area contributed by atoms with E-state index in [0.717, 1.165) is 16.8 Å². The summed E-state index contributed by atoms with van der Waals surface area (Å²) in [7, 11) is 0. The molecule has 1 fully saturated rings. The average Bonchev–Trinajstić information content (AvgIpc) is 3.19. The summed E-state index contributed by atoms with van der Waals surface area (Å²) in [5.74, 6) is 1.34. The zero-order chi connectivity index (χ0) is 13.0. The lowest BCUT2D eigenvalue weighted by Crippen LogP contribution is -1.95. The van der Waals surface area contributed by atoms with E-state index < -0.39 is 0 Å². The molecule has 3 nitrogen and oxygen atoms in total. The van der Waals surface area contributed by atoms with Gasteiger partial charge in [-0.15, -0.1) is 0 Å². The largest absolute Gasteiger partial charge is 0.444 e. The fraction of sp³-hybridized carbons (Fsp3) is 0.400. The molecule has 1 heterocycles. The zero-order valence-corrected chi connectivity index (χ0v) is 11.0. The van der Waals surface area contributed by atoms with Gasteiger partial charge in [-0.1, -0.05) is 26.0 Å². The van der Waals surface area contributed by atoms with Gasteiger partial charge in [0.25, 0.3) is 0 Å². The van der Waals surface area contributed by atoms with Gasteiger partial charge in [-0.3, -0.25) is 0 Å².